The molecule has 0 saturated heterocycles. The van der Waals surface area contributed by atoms with E-state index in [0.717, 1.165) is 16.9 Å². The summed E-state index contributed by atoms with van der Waals surface area (Å²) in [6, 6.07) is 9.62. The number of fused-ring (bicyclic) bond motifs is 1. The van der Waals surface area contributed by atoms with Crippen molar-refractivity contribution in [1.29, 1.82) is 0 Å². The van der Waals surface area contributed by atoms with Crippen molar-refractivity contribution in [2.75, 3.05) is 6.26 Å². The molecule has 1 aromatic carbocycles. The lowest BCUT2D eigenvalue weighted by atomic mass is 10.3. The summed E-state index contributed by atoms with van der Waals surface area (Å²) in [5.74, 6) is 0.730. The lowest BCUT2D eigenvalue weighted by molar-refractivity contribution is 0.902. The summed E-state index contributed by atoms with van der Waals surface area (Å²) in [4.78, 5) is 12.9. The lowest BCUT2D eigenvalue weighted by Gasteiger charge is -2.05. The molecule has 0 unspecified atom stereocenters. The van der Waals surface area contributed by atoms with Gasteiger partial charge in [0.2, 0.25) is 0 Å². The number of benzene rings is 1. The van der Waals surface area contributed by atoms with Gasteiger partial charge >= 0.3 is 0 Å². The molecule has 0 aliphatic heterocycles. The zero-order valence-corrected chi connectivity index (χ0v) is 11.1. The van der Waals surface area contributed by atoms with Crippen LogP contribution in [-0.4, -0.2) is 25.8 Å². The molecule has 0 aliphatic carbocycles. The van der Waals surface area contributed by atoms with Crippen molar-refractivity contribution in [3.63, 3.8) is 0 Å². The van der Waals surface area contributed by atoms with Gasteiger partial charge in [0.1, 0.15) is 17.3 Å². The van der Waals surface area contributed by atoms with Gasteiger partial charge < -0.3 is 0 Å². The molecule has 3 aromatic rings. The van der Waals surface area contributed by atoms with Crippen LogP contribution in [0, 0.1) is 0 Å². The van der Waals surface area contributed by atoms with E-state index < -0.39 is 0 Å². The minimum absolute atomic E-state index is 0.433. The zero-order chi connectivity index (χ0) is 12.5. The minimum atomic E-state index is 0.433. The molecule has 2 heterocycles. The average molecular weight is 277 g/mol. The largest absolute Gasteiger partial charge is 0.283 e. The molecular formula is C12H9ClN4S. The van der Waals surface area contributed by atoms with Gasteiger partial charge in [0.25, 0.3) is 0 Å². The number of aromatic nitrogens is 4. The number of thioether (sulfide) groups is 1. The molecule has 0 spiro atoms. The monoisotopic (exact) mass is 276 g/mol. The van der Waals surface area contributed by atoms with Crippen LogP contribution in [0.25, 0.3) is 16.9 Å². The van der Waals surface area contributed by atoms with Gasteiger partial charge in [0, 0.05) is 6.07 Å². The number of rotatable bonds is 2. The number of hydrogen-bond donors (Lipinski definition) is 0. The van der Waals surface area contributed by atoms with Crippen LogP contribution in [0.4, 0.5) is 0 Å². The Morgan fingerprint density at radius 3 is 2.89 bits per heavy atom. The summed E-state index contributed by atoms with van der Waals surface area (Å²) >= 11 is 7.46. The fourth-order valence-electron chi connectivity index (χ4n) is 1.74. The highest BCUT2D eigenvalue weighted by Gasteiger charge is 2.08. The summed E-state index contributed by atoms with van der Waals surface area (Å²) in [5.41, 5.74) is 1.93. The van der Waals surface area contributed by atoms with E-state index in [-0.39, 0.29) is 0 Å². The third kappa shape index (κ3) is 1.95. The van der Waals surface area contributed by atoms with Crippen LogP contribution in [0.15, 0.2) is 41.8 Å². The van der Waals surface area contributed by atoms with Crippen molar-refractivity contribution in [2.45, 2.75) is 5.16 Å². The Morgan fingerprint density at radius 1 is 1.22 bits per heavy atom. The van der Waals surface area contributed by atoms with Crippen molar-refractivity contribution in [2.24, 2.45) is 0 Å². The zero-order valence-electron chi connectivity index (χ0n) is 9.54. The van der Waals surface area contributed by atoms with Crippen molar-refractivity contribution >= 4 is 34.4 Å². The van der Waals surface area contributed by atoms with E-state index in [9.17, 15) is 0 Å². The second-order valence-electron chi connectivity index (χ2n) is 3.64. The molecule has 0 N–H and O–H groups in total. The lowest BCUT2D eigenvalue weighted by Crippen LogP contribution is -1.98. The first kappa shape index (κ1) is 11.5. The highest BCUT2D eigenvalue weighted by Crippen LogP contribution is 2.20. The summed E-state index contributed by atoms with van der Waals surface area (Å²) in [6.45, 7) is 0. The molecule has 0 atom stereocenters. The third-order valence-corrected chi connectivity index (χ3v) is 3.29. The maximum Gasteiger partial charge on any atom is 0.190 e. The second-order valence-corrected chi connectivity index (χ2v) is 4.80. The van der Waals surface area contributed by atoms with Gasteiger partial charge in [-0.3, -0.25) is 4.57 Å². The highest BCUT2D eigenvalue weighted by molar-refractivity contribution is 7.98. The van der Waals surface area contributed by atoms with Crippen LogP contribution >= 0.6 is 23.4 Å². The normalized spacial score (nSPS) is 11.0. The van der Waals surface area contributed by atoms with E-state index in [1.54, 1.807) is 12.4 Å². The van der Waals surface area contributed by atoms with Gasteiger partial charge in [-0.1, -0.05) is 35.5 Å². The third-order valence-electron chi connectivity index (χ3n) is 2.54. The van der Waals surface area contributed by atoms with Crippen LogP contribution < -0.4 is 0 Å². The topological polar surface area (TPSA) is 43.6 Å². The second kappa shape index (κ2) is 4.59. The molecule has 0 bridgehead atoms. The molecule has 0 saturated carbocycles. The molecule has 90 valence electrons. The molecule has 0 aliphatic rings. The predicted octanol–water partition coefficient (Wildman–Crippen LogP) is 3.19. The van der Waals surface area contributed by atoms with Gasteiger partial charge in [-0.25, -0.2) is 15.0 Å². The van der Waals surface area contributed by atoms with Crippen molar-refractivity contribution in [3.8, 4) is 5.82 Å². The summed E-state index contributed by atoms with van der Waals surface area (Å²) in [7, 11) is 0. The fourth-order valence-corrected chi connectivity index (χ4v) is 2.34. The average Bonchev–Trinajstić information content (AvgIpc) is 2.81. The smallest absolute Gasteiger partial charge is 0.190 e. The number of nitrogens with zero attached hydrogens (tertiary/aromatic N) is 4. The van der Waals surface area contributed by atoms with E-state index >= 15 is 0 Å². The summed E-state index contributed by atoms with van der Waals surface area (Å²) in [6.07, 6.45) is 3.66. The highest BCUT2D eigenvalue weighted by atomic mass is 35.5. The minimum Gasteiger partial charge on any atom is -0.283 e. The Labute approximate surface area is 113 Å². The quantitative estimate of drug-likeness (QED) is 0.410. The molecule has 18 heavy (non-hydrogen) atoms. The molecule has 0 fully saturated rings. The molecule has 4 nitrogen and oxygen atoms in total. The first-order valence-corrected chi connectivity index (χ1v) is 6.89. The van der Waals surface area contributed by atoms with Crippen LogP contribution in [-0.2, 0) is 0 Å². The first-order valence-electron chi connectivity index (χ1n) is 5.29. The summed E-state index contributed by atoms with van der Waals surface area (Å²) in [5, 5.41) is 1.08. The Morgan fingerprint density at radius 2 is 2.06 bits per heavy atom. The summed E-state index contributed by atoms with van der Waals surface area (Å²) < 4.78 is 1.91. The maximum absolute atomic E-state index is 6.00. The maximum atomic E-state index is 6.00. The molecule has 0 radical (unpaired) electrons. The number of hydrogen-bond acceptors (Lipinski definition) is 4. The SMILES string of the molecule is CSc1nc(Cl)cc(-n2cnc3ccccc32)n1. The molecule has 3 rings (SSSR count). The fraction of sp³-hybridized carbons (Fsp3) is 0.0833. The van der Waals surface area contributed by atoms with E-state index in [1.165, 1.54) is 11.8 Å². The van der Waals surface area contributed by atoms with Crippen LogP contribution in [0.5, 0.6) is 0 Å². The van der Waals surface area contributed by atoms with Gasteiger partial charge in [-0.05, 0) is 18.4 Å². The number of para-hydroxylation sites is 2. The standard InChI is InChI=1S/C12H9ClN4S/c1-18-12-15-10(13)6-11(16-12)17-7-14-8-4-2-3-5-9(8)17/h2-7H,1H3. The van der Waals surface area contributed by atoms with Gasteiger partial charge in [-0.2, -0.15) is 0 Å². The van der Waals surface area contributed by atoms with E-state index in [4.69, 9.17) is 11.6 Å². The number of halogens is 1. The molecule has 6 heteroatoms. The van der Waals surface area contributed by atoms with Crippen molar-refractivity contribution in [3.05, 3.63) is 41.8 Å². The van der Waals surface area contributed by atoms with Crippen LogP contribution in [0.3, 0.4) is 0 Å². The Kier molecular flexibility index (Phi) is 2.93. The Balaban J connectivity index is 2.22. The number of imidazole rings is 1. The van der Waals surface area contributed by atoms with Crippen LogP contribution in [0.2, 0.25) is 5.15 Å². The predicted molar refractivity (Wildman–Crippen MR) is 73.5 cm³/mol. The van der Waals surface area contributed by atoms with E-state index in [0.29, 0.717) is 10.3 Å². The molecule has 2 aromatic heterocycles. The van der Waals surface area contributed by atoms with Gasteiger partial charge in [-0.15, -0.1) is 0 Å². The van der Waals surface area contributed by atoms with E-state index in [1.807, 2.05) is 35.1 Å². The molecule has 0 amide bonds. The van der Waals surface area contributed by atoms with Crippen LogP contribution in [0.1, 0.15) is 0 Å². The molecular weight excluding hydrogens is 268 g/mol. The van der Waals surface area contributed by atoms with Crippen molar-refractivity contribution in [1.82, 2.24) is 19.5 Å². The first-order chi connectivity index (χ1) is 8.78. The Hall–Kier alpha value is -1.59. The van der Waals surface area contributed by atoms with Gasteiger partial charge in [0.15, 0.2) is 5.16 Å². The van der Waals surface area contributed by atoms with E-state index in [2.05, 4.69) is 15.0 Å². The van der Waals surface area contributed by atoms with Gasteiger partial charge in [0.05, 0.1) is 11.0 Å². The van der Waals surface area contributed by atoms with Crippen molar-refractivity contribution < 1.29 is 0 Å². The Bertz CT molecular complexity index is 710.